The van der Waals surface area contributed by atoms with E-state index in [9.17, 15) is 62.7 Å². The largest absolute Gasteiger partial charge is 0.457 e. The number of benzene rings is 11. The second-order valence-electron chi connectivity index (χ2n) is 25.1. The molecule has 0 atom stereocenters. The van der Waals surface area contributed by atoms with Gasteiger partial charge in [-0.25, -0.2) is 27.2 Å². The molecule has 0 unspecified atom stereocenters. The van der Waals surface area contributed by atoms with Crippen LogP contribution in [0.1, 0.15) is 58.1 Å². The van der Waals surface area contributed by atoms with Gasteiger partial charge in [0, 0.05) is 124 Å². The summed E-state index contributed by atoms with van der Waals surface area (Å²) < 4.78 is 142. The van der Waals surface area contributed by atoms with Crippen molar-refractivity contribution in [1.82, 2.24) is 35.2 Å². The lowest BCUT2D eigenvalue weighted by Crippen LogP contribution is -2.43. The smallest absolute Gasteiger partial charge is 0.416 e. The average molecular weight is 1540 g/mol. The Morgan fingerprint density at radius 2 is 0.884 bits per heavy atom. The van der Waals surface area contributed by atoms with Gasteiger partial charge in [0.25, 0.3) is 17.7 Å². The molecule has 0 aliphatic carbocycles. The Bertz CT molecular complexity index is 5960. The molecule has 112 heavy (non-hydrogen) atoms. The van der Waals surface area contributed by atoms with E-state index in [0.29, 0.717) is 89.9 Å². The van der Waals surface area contributed by atoms with Gasteiger partial charge in [-0.05, 0) is 182 Å². The first kappa shape index (κ1) is 76.3. The summed E-state index contributed by atoms with van der Waals surface area (Å²) in [6, 6.07) is 60.7. The quantitative estimate of drug-likeness (QED) is 0.0419. The minimum absolute atomic E-state index is 0.0663. The highest BCUT2D eigenvalue weighted by Crippen LogP contribution is 2.35. The van der Waals surface area contributed by atoms with E-state index in [1.165, 1.54) is 72.9 Å². The van der Waals surface area contributed by atoms with Crippen molar-refractivity contribution in [3.63, 3.8) is 0 Å². The molecule has 5 N–H and O–H groups in total. The molecular weight excluding hydrogens is 1480 g/mol. The van der Waals surface area contributed by atoms with Gasteiger partial charge >= 0.3 is 12.4 Å². The molecule has 0 spiro atoms. The van der Waals surface area contributed by atoms with E-state index in [2.05, 4.69) is 67.9 Å². The maximum Gasteiger partial charge on any atom is 0.416 e. The van der Waals surface area contributed by atoms with Gasteiger partial charge in [-0.1, -0.05) is 42.5 Å². The van der Waals surface area contributed by atoms with Crippen LogP contribution in [0.5, 0.6) is 23.0 Å². The number of ether oxygens (including phenoxy) is 2. The van der Waals surface area contributed by atoms with Crippen molar-refractivity contribution in [2.24, 2.45) is 0 Å². The fourth-order valence-electron chi connectivity index (χ4n) is 11.5. The van der Waals surface area contributed by atoms with Crippen molar-refractivity contribution in [2.75, 3.05) is 58.0 Å². The van der Waals surface area contributed by atoms with Crippen LogP contribution in [0.4, 0.5) is 63.6 Å². The van der Waals surface area contributed by atoms with E-state index < -0.39 is 62.9 Å². The van der Waals surface area contributed by atoms with Crippen LogP contribution in [-0.2, 0) is 22.4 Å². The van der Waals surface area contributed by atoms with Gasteiger partial charge in [0.05, 0.1) is 74.3 Å². The topological polar surface area (TPSA) is 262 Å². The van der Waals surface area contributed by atoms with Crippen molar-refractivity contribution in [3.8, 4) is 45.5 Å². The van der Waals surface area contributed by atoms with Crippen molar-refractivity contribution in [3.05, 3.63) is 318 Å². The third-order valence-electron chi connectivity index (χ3n) is 17.0. The van der Waals surface area contributed by atoms with Crippen LogP contribution in [0.2, 0.25) is 0 Å². The van der Waals surface area contributed by atoms with Crippen molar-refractivity contribution in [2.45, 2.75) is 12.4 Å². The normalized spacial score (nSPS) is 12.2. The Kier molecular flexibility index (Phi) is 22.7. The second kappa shape index (κ2) is 33.3. The minimum Gasteiger partial charge on any atom is -0.457 e. The predicted octanol–water partition coefficient (Wildman–Crippen LogP) is 17.9. The van der Waals surface area contributed by atoms with E-state index in [1.807, 2.05) is 12.1 Å². The van der Waals surface area contributed by atoms with E-state index in [4.69, 9.17) is 14.5 Å². The van der Waals surface area contributed by atoms with Crippen LogP contribution < -0.4 is 40.4 Å². The van der Waals surface area contributed by atoms with Gasteiger partial charge in [-0.2, -0.15) is 26.3 Å². The van der Waals surface area contributed by atoms with Crippen molar-refractivity contribution in [1.29, 1.82) is 0 Å². The zero-order valence-corrected chi connectivity index (χ0v) is 59.4. The van der Waals surface area contributed by atoms with Gasteiger partial charge in [0.15, 0.2) is 17.3 Å². The number of hydrogen-bond donors (Lipinski definition) is 5. The highest BCUT2D eigenvalue weighted by Gasteiger charge is 2.32. The Labute approximate surface area is 633 Å². The molecule has 1 aliphatic rings. The van der Waals surface area contributed by atoms with Gasteiger partial charge in [-0.15, -0.1) is 0 Å². The van der Waals surface area contributed by atoms with Crippen LogP contribution in [0.25, 0.3) is 55.6 Å². The zero-order valence-electron chi connectivity index (χ0n) is 58.6. The lowest BCUT2D eigenvalue weighted by molar-refractivity contribution is -0.138. The average Bonchev–Trinajstić information content (AvgIpc) is 0.811. The molecule has 0 radical (unpaired) electrons. The van der Waals surface area contributed by atoms with E-state index >= 15 is 0 Å². The third kappa shape index (κ3) is 19.7. The summed E-state index contributed by atoms with van der Waals surface area (Å²) in [5.41, 5.74) is 8.22. The Balaban J connectivity index is 0.000000149. The molecule has 0 bridgehead atoms. The molecule has 3 amide bonds. The summed E-state index contributed by atoms with van der Waals surface area (Å²) in [6.45, 7) is 3.85. The summed E-state index contributed by atoms with van der Waals surface area (Å²) in [4.78, 5) is 79.4. The number of hydrogen-bond acceptors (Lipinski definition) is 16. The molecule has 1 saturated heterocycles. The van der Waals surface area contributed by atoms with Gasteiger partial charge in [-0.3, -0.25) is 43.8 Å². The maximum atomic E-state index is 14.5. The first-order chi connectivity index (χ1) is 53.7. The first-order valence-electron chi connectivity index (χ1n) is 34.1. The first-order valence-corrected chi connectivity index (χ1v) is 36.0. The summed E-state index contributed by atoms with van der Waals surface area (Å²) in [6.07, 6.45) is -1.59. The molecule has 29 heteroatoms. The molecule has 562 valence electrons. The summed E-state index contributed by atoms with van der Waals surface area (Å²) in [7, 11) is -3.36. The van der Waals surface area contributed by atoms with E-state index in [0.717, 1.165) is 85.6 Å². The number of anilines is 5. The highest BCUT2D eigenvalue weighted by molar-refractivity contribution is 7.92. The molecular formula is C83H60F8N12O8S. The number of aromatic nitrogens is 6. The fraction of sp³-hybridized carbons (Fsp3) is 0.0843. The number of carbonyl (C=O) groups excluding carboxylic acids is 4. The molecule has 1 aliphatic heterocycles. The van der Waals surface area contributed by atoms with Crippen molar-refractivity contribution >= 4 is 95.1 Å². The molecule has 3 aromatic heterocycles. The Hall–Kier alpha value is -13.9. The van der Waals surface area contributed by atoms with Gasteiger partial charge < -0.3 is 35.6 Å². The SMILES string of the molecule is CS(=O)(=O)Nc1ccc(-c2cnc3ccc(Oc4ccc(NC(=O)c5cccc(F)c5)cc4)cc3n2)cc1.O=C(Nc1ccc(C(=O)c2ccc3ncc(-c4ccc(N5CCNCC5)cc4)nc3c2)cc1)c1cccc(C(F)(F)F)c1.O=C(Nc1ccc(Oc2ccc3nccnc3c2)c(F)c1)c1cccc(C(F)(F)F)c1. The third-order valence-corrected chi connectivity index (χ3v) is 17.7. The number of amides is 3. The van der Waals surface area contributed by atoms with Crippen LogP contribution in [0.15, 0.2) is 267 Å². The van der Waals surface area contributed by atoms with E-state index in [-0.39, 0.29) is 33.9 Å². The van der Waals surface area contributed by atoms with Crippen LogP contribution >= 0.6 is 0 Å². The number of piperazine rings is 1. The van der Waals surface area contributed by atoms with Crippen molar-refractivity contribution < 1.29 is 72.2 Å². The number of carbonyl (C=O) groups is 4. The minimum atomic E-state index is -4.57. The highest BCUT2D eigenvalue weighted by atomic mass is 32.2. The molecule has 15 rings (SSSR count). The Morgan fingerprint density at radius 3 is 1.44 bits per heavy atom. The molecule has 1 fully saturated rings. The number of fused-ring (bicyclic) bond motifs is 3. The number of alkyl halides is 6. The molecule has 0 saturated carbocycles. The summed E-state index contributed by atoms with van der Waals surface area (Å²) in [5, 5.41) is 11.0. The lowest BCUT2D eigenvalue weighted by Gasteiger charge is -2.29. The zero-order chi connectivity index (χ0) is 78.7. The Morgan fingerprint density at radius 1 is 0.429 bits per heavy atom. The standard InChI is InChI=1S/C33H26F3N5O2.C28H21FN4O4S.C22H13F4N3O2/c34-33(35,36)25-3-1-2-24(18-25)32(43)39-26-9-4-22(5-10-26)31(42)23-8-13-28-29(19-23)40-30(20-38-28)21-6-11-27(12-7-21)41-16-14-37-15-17-41;1-38(35,36)33-22-7-5-18(6-8-22)27-17-30-25-14-13-24(16-26(25)32-27)37-23-11-9-21(10-12-23)31-28(34)19-3-2-4-20(29)15-19;23-17-11-15(29-21(30)13-2-1-3-14(10-13)22(24,25)26)4-7-20(17)31-16-5-6-18-19(12-16)28-9-8-27-18/h1-13,18-20,37H,14-17H2,(H,39,43);2-17,33H,1H3,(H,31,34);1-12H,(H,29,30). The van der Waals surface area contributed by atoms with Gasteiger partial charge in [0.2, 0.25) is 10.0 Å². The monoisotopic (exact) mass is 1540 g/mol. The molecule has 4 heterocycles. The number of nitrogens with one attached hydrogen (secondary N) is 5. The number of halogens is 8. The van der Waals surface area contributed by atoms with Gasteiger partial charge in [0.1, 0.15) is 23.1 Å². The number of rotatable bonds is 17. The summed E-state index contributed by atoms with van der Waals surface area (Å²) >= 11 is 0. The molecule has 14 aromatic rings. The van der Waals surface area contributed by atoms with Crippen LogP contribution in [-0.4, -0.2) is 94.3 Å². The van der Waals surface area contributed by atoms with Crippen LogP contribution in [0.3, 0.4) is 0 Å². The lowest BCUT2D eigenvalue weighted by atomic mass is 10.0. The fourth-order valence-corrected chi connectivity index (χ4v) is 12.1. The summed E-state index contributed by atoms with van der Waals surface area (Å²) in [5.74, 6) is -2.05. The maximum absolute atomic E-state index is 14.5. The predicted molar refractivity (Wildman–Crippen MR) is 409 cm³/mol. The second-order valence-corrected chi connectivity index (χ2v) is 26.9. The molecule has 20 nitrogen and oxygen atoms in total. The molecule has 11 aromatic carbocycles. The number of ketones is 1. The van der Waals surface area contributed by atoms with Crippen LogP contribution in [0, 0.1) is 11.6 Å². The number of nitrogens with zero attached hydrogens (tertiary/aromatic N) is 7. The number of sulfonamides is 1. The van der Waals surface area contributed by atoms with E-state index in [1.54, 1.807) is 134 Å².